The van der Waals surface area contributed by atoms with Crippen molar-refractivity contribution in [2.45, 2.75) is 46.6 Å². The quantitative estimate of drug-likeness (QED) is 0.371. The van der Waals surface area contributed by atoms with Crippen LogP contribution in [-0.2, 0) is 20.7 Å². The van der Waals surface area contributed by atoms with E-state index >= 15 is 0 Å². The third-order valence-electron chi connectivity index (χ3n) is 2.86. The number of hydrogen-bond donors (Lipinski definition) is 1. The molecule has 25 heavy (non-hydrogen) atoms. The van der Waals surface area contributed by atoms with E-state index in [9.17, 15) is 14.7 Å². The Hall–Kier alpha value is -2.70. The van der Waals surface area contributed by atoms with E-state index in [2.05, 4.69) is 10.2 Å². The van der Waals surface area contributed by atoms with Crippen LogP contribution in [0.15, 0.2) is 46.0 Å². The molecule has 1 amide bonds. The van der Waals surface area contributed by atoms with E-state index in [0.29, 0.717) is 0 Å². The van der Waals surface area contributed by atoms with Gasteiger partial charge in [-0.2, -0.15) is 0 Å². The molecule has 0 aromatic heterocycles. The Morgan fingerprint density at radius 1 is 1.12 bits per heavy atom. The Bertz CT molecular complexity index is 670. The number of azo groups is 1. The number of esters is 1. The van der Waals surface area contributed by atoms with E-state index in [1.165, 1.54) is 0 Å². The van der Waals surface area contributed by atoms with Crippen LogP contribution in [0.3, 0.4) is 0 Å². The number of nitrogens with zero attached hydrogens (tertiary/aromatic N) is 2. The predicted octanol–water partition coefficient (Wildman–Crippen LogP) is 4.26. The molecular formula is C18H24N2O5. The number of aliphatic hydroxyl groups is 1. The predicted molar refractivity (Wildman–Crippen MR) is 92.3 cm³/mol. The summed E-state index contributed by atoms with van der Waals surface area (Å²) in [6.07, 6.45) is -0.903. The van der Waals surface area contributed by atoms with Gasteiger partial charge in [0.25, 0.3) is 0 Å². The monoisotopic (exact) mass is 348 g/mol. The number of rotatable bonds is 5. The van der Waals surface area contributed by atoms with E-state index in [0.717, 1.165) is 11.1 Å². The van der Waals surface area contributed by atoms with Crippen LogP contribution in [0.5, 0.6) is 0 Å². The van der Waals surface area contributed by atoms with Crippen LogP contribution in [0.25, 0.3) is 0 Å². The Labute approximate surface area is 147 Å². The van der Waals surface area contributed by atoms with Crippen molar-refractivity contribution in [1.82, 2.24) is 0 Å². The van der Waals surface area contributed by atoms with Crippen LogP contribution in [0.4, 0.5) is 4.79 Å². The molecule has 0 bridgehead atoms. The van der Waals surface area contributed by atoms with Crippen LogP contribution in [-0.4, -0.2) is 29.4 Å². The van der Waals surface area contributed by atoms with Gasteiger partial charge in [0, 0.05) is 6.42 Å². The van der Waals surface area contributed by atoms with Gasteiger partial charge in [0.15, 0.2) is 0 Å². The van der Waals surface area contributed by atoms with Crippen molar-refractivity contribution in [2.75, 3.05) is 6.61 Å². The first-order chi connectivity index (χ1) is 11.6. The third-order valence-corrected chi connectivity index (χ3v) is 2.86. The number of amides is 1. The van der Waals surface area contributed by atoms with Crippen LogP contribution < -0.4 is 0 Å². The number of benzene rings is 1. The zero-order chi connectivity index (χ0) is 19.0. The SMILES string of the molecule is CCOC(=O)C(N=NC(=O)OC(C)(C)C)=C(O)Cc1ccc(C)cc1. The lowest BCUT2D eigenvalue weighted by atomic mass is 10.1. The highest BCUT2D eigenvalue weighted by Crippen LogP contribution is 2.15. The van der Waals surface area contributed by atoms with Gasteiger partial charge in [-0.15, -0.1) is 5.11 Å². The molecule has 0 saturated carbocycles. The highest BCUT2D eigenvalue weighted by Gasteiger charge is 2.20. The van der Waals surface area contributed by atoms with Gasteiger partial charge in [-0.3, -0.25) is 0 Å². The third kappa shape index (κ3) is 7.60. The Kier molecular flexibility index (Phi) is 7.29. The van der Waals surface area contributed by atoms with Gasteiger partial charge in [-0.1, -0.05) is 34.9 Å². The Morgan fingerprint density at radius 3 is 2.24 bits per heavy atom. The number of aliphatic hydroxyl groups excluding tert-OH is 1. The smallest absolute Gasteiger partial charge is 0.452 e. The van der Waals surface area contributed by atoms with Crippen LogP contribution in [0.2, 0.25) is 0 Å². The summed E-state index contributed by atoms with van der Waals surface area (Å²) in [5.74, 6) is -1.20. The molecule has 0 aliphatic carbocycles. The minimum atomic E-state index is -0.961. The topological polar surface area (TPSA) is 97.6 Å². The first-order valence-electron chi connectivity index (χ1n) is 7.92. The molecule has 0 fully saturated rings. The Balaban J connectivity index is 3.03. The second-order valence-corrected chi connectivity index (χ2v) is 6.36. The van der Waals surface area contributed by atoms with E-state index < -0.39 is 23.4 Å². The average molecular weight is 348 g/mol. The summed E-state index contributed by atoms with van der Waals surface area (Å²) in [7, 11) is 0. The fraction of sp³-hybridized carbons (Fsp3) is 0.444. The number of carbonyl (C=O) groups is 2. The lowest BCUT2D eigenvalue weighted by Crippen LogP contribution is -2.21. The van der Waals surface area contributed by atoms with Gasteiger partial charge in [0.2, 0.25) is 5.70 Å². The molecule has 1 aromatic carbocycles. The highest BCUT2D eigenvalue weighted by molar-refractivity contribution is 5.88. The van der Waals surface area contributed by atoms with E-state index in [4.69, 9.17) is 9.47 Å². The summed E-state index contributed by atoms with van der Waals surface area (Å²) >= 11 is 0. The maximum absolute atomic E-state index is 12.0. The zero-order valence-electron chi connectivity index (χ0n) is 15.2. The zero-order valence-corrected chi connectivity index (χ0v) is 15.2. The first kappa shape index (κ1) is 20.3. The number of allylic oxidation sites excluding steroid dienone is 1. The van der Waals surface area contributed by atoms with Crippen molar-refractivity contribution < 1.29 is 24.2 Å². The molecule has 0 heterocycles. The van der Waals surface area contributed by atoms with Gasteiger partial charge in [-0.05, 0) is 40.2 Å². The first-order valence-corrected chi connectivity index (χ1v) is 7.92. The maximum Gasteiger partial charge on any atom is 0.452 e. The molecule has 1 N–H and O–H groups in total. The molecule has 1 rings (SSSR count). The van der Waals surface area contributed by atoms with Crippen molar-refractivity contribution in [2.24, 2.45) is 10.2 Å². The van der Waals surface area contributed by atoms with Crippen molar-refractivity contribution >= 4 is 12.1 Å². The number of carbonyl (C=O) groups excluding carboxylic acids is 2. The van der Waals surface area contributed by atoms with Gasteiger partial charge < -0.3 is 14.6 Å². The molecule has 7 heteroatoms. The van der Waals surface area contributed by atoms with Gasteiger partial charge in [-0.25, -0.2) is 9.59 Å². The molecule has 136 valence electrons. The molecular weight excluding hydrogens is 324 g/mol. The Morgan fingerprint density at radius 2 is 1.72 bits per heavy atom. The molecule has 0 atom stereocenters. The number of hydrogen-bond acceptors (Lipinski definition) is 6. The summed E-state index contributed by atoms with van der Waals surface area (Å²) in [6.45, 7) is 8.70. The normalized spacial score (nSPS) is 12.7. The highest BCUT2D eigenvalue weighted by atomic mass is 16.6. The van der Waals surface area contributed by atoms with Gasteiger partial charge in [0.1, 0.15) is 11.4 Å². The molecule has 0 unspecified atom stereocenters. The van der Waals surface area contributed by atoms with Crippen molar-refractivity contribution in [3.05, 3.63) is 46.8 Å². The van der Waals surface area contributed by atoms with Crippen molar-refractivity contribution in [3.63, 3.8) is 0 Å². The number of ether oxygens (including phenoxy) is 2. The summed E-state index contributed by atoms with van der Waals surface area (Å²) < 4.78 is 9.84. The average Bonchev–Trinajstić information content (AvgIpc) is 2.48. The number of aryl methyl sites for hydroxylation is 1. The molecule has 0 saturated heterocycles. The summed E-state index contributed by atoms with van der Waals surface area (Å²) in [5, 5.41) is 17.1. The second kappa shape index (κ2) is 8.96. The molecule has 0 aliphatic heterocycles. The van der Waals surface area contributed by atoms with Crippen molar-refractivity contribution in [3.8, 4) is 0 Å². The molecule has 7 nitrogen and oxygen atoms in total. The van der Waals surface area contributed by atoms with Gasteiger partial charge in [0.05, 0.1) is 6.61 Å². The van der Waals surface area contributed by atoms with Crippen molar-refractivity contribution in [1.29, 1.82) is 0 Å². The second-order valence-electron chi connectivity index (χ2n) is 6.36. The largest absolute Gasteiger partial charge is 0.509 e. The van der Waals surface area contributed by atoms with Crippen LogP contribution >= 0.6 is 0 Å². The molecule has 0 spiro atoms. The lowest BCUT2D eigenvalue weighted by Gasteiger charge is -2.16. The van der Waals surface area contributed by atoms with Crippen LogP contribution in [0.1, 0.15) is 38.8 Å². The molecule has 0 aliphatic rings. The summed E-state index contributed by atoms with van der Waals surface area (Å²) in [6, 6.07) is 7.41. The summed E-state index contributed by atoms with van der Waals surface area (Å²) in [5.41, 5.74) is 0.682. The molecule has 0 radical (unpaired) electrons. The fourth-order valence-electron chi connectivity index (χ4n) is 1.77. The van der Waals surface area contributed by atoms with E-state index in [1.807, 2.05) is 31.2 Å². The molecule has 1 aromatic rings. The van der Waals surface area contributed by atoms with E-state index in [1.54, 1.807) is 27.7 Å². The lowest BCUT2D eigenvalue weighted by molar-refractivity contribution is -0.138. The minimum absolute atomic E-state index is 0.0573. The van der Waals surface area contributed by atoms with E-state index in [-0.39, 0.29) is 18.8 Å². The van der Waals surface area contributed by atoms with Crippen LogP contribution in [0, 0.1) is 6.92 Å². The standard InChI is InChI=1S/C18H24N2O5/c1-6-24-16(22)15(19-20-17(23)25-18(3,4)5)14(21)11-13-9-7-12(2)8-10-13/h7-10,21H,6,11H2,1-5H3. The van der Waals surface area contributed by atoms with Gasteiger partial charge >= 0.3 is 12.1 Å². The summed E-state index contributed by atoms with van der Waals surface area (Å²) in [4.78, 5) is 23.6. The fourth-order valence-corrected chi connectivity index (χ4v) is 1.77. The minimum Gasteiger partial charge on any atom is -0.509 e. The maximum atomic E-state index is 12.0.